The zero-order valence-electron chi connectivity index (χ0n) is 47.2. The molecule has 0 fully saturated rings. The first kappa shape index (κ1) is 73.5. The number of nitrogens with zero attached hydrogens (tertiary/aromatic N) is 2. The molecule has 11 atom stereocenters. The average Bonchev–Trinajstić information content (AvgIpc) is 3.42. The maximum Gasteiger partial charge on any atom is 0.326 e. The van der Waals surface area contributed by atoms with Gasteiger partial charge in [0.15, 0.2) is 11.9 Å². The Bertz CT molecular complexity index is 2110. The van der Waals surface area contributed by atoms with E-state index in [1.165, 1.54) is 0 Å². The third-order valence-electron chi connectivity index (χ3n) is 13.0. The number of nitrogens with two attached hydrogens (primary N) is 9. The van der Waals surface area contributed by atoms with Crippen LogP contribution in [0.5, 0.6) is 0 Å². The Kier molecular flexibility index (Phi) is 36.9. The lowest BCUT2D eigenvalue weighted by Gasteiger charge is -2.30. The molecule has 32 nitrogen and oxygen atoms in total. The molecule has 32 heteroatoms. The van der Waals surface area contributed by atoms with Crippen LogP contribution in [0.4, 0.5) is 0 Å². The first-order valence-electron chi connectivity index (χ1n) is 27.3. The minimum Gasteiger partial charge on any atom is -0.480 e. The number of carboxylic acid groups (broad SMARTS) is 1. The molecule has 0 rings (SSSR count). The first-order valence-corrected chi connectivity index (χ1v) is 27.3. The maximum atomic E-state index is 14.4. The molecule has 28 N–H and O–H groups in total. The number of hydrogen-bond donors (Lipinski definition) is 19. The third kappa shape index (κ3) is 30.6. The number of aliphatic hydroxyl groups is 1. The van der Waals surface area contributed by atoms with E-state index < -0.39 is 151 Å². The standard InChI is InChI=1S/C49H93N19O13/c1-5-26(3)37(67-43(76)30(15-11-23-59-48(55)56)62-41(74)32(17-19-35(53)70)61-39(72)28(52)25-69)45(78)65-29(13-7-9-21-50)40(73)64-33(18-20-36(54)71)42(75)63-31(16-12-24-60-49(57)58)44(77)68-38(27(4)6-2)46(79)66-34(47(80)81)14-8-10-22-51/h26-34,37-38,69H,5-25,50-52H2,1-4H3,(H2,53,70)(H2,54,71)(H,61,72)(H,62,74)(H,63,75)(H,64,73)(H,65,78)(H,66,79)(H,67,76)(H,68,77)(H,80,81)(H4,55,56,59)(H4,57,58,60). The van der Waals surface area contributed by atoms with Gasteiger partial charge < -0.3 is 104 Å². The smallest absolute Gasteiger partial charge is 0.326 e. The van der Waals surface area contributed by atoms with E-state index in [1.54, 1.807) is 27.7 Å². The molecular weight excluding hydrogens is 1060 g/mol. The molecule has 0 radical (unpaired) electrons. The van der Waals surface area contributed by atoms with E-state index in [0.717, 1.165) is 0 Å². The fourth-order valence-corrected chi connectivity index (χ4v) is 7.78. The molecule has 0 saturated heterocycles. The molecule has 0 bridgehead atoms. The Morgan fingerprint density at radius 3 is 1.02 bits per heavy atom. The SMILES string of the molecule is CCC(C)C(NC(=O)C(CCCN=C(N)N)NC(=O)C(CCC(N)=O)NC(=O)C(CCCCN)NC(=O)C(NC(=O)C(CCCN=C(N)N)NC(=O)C(CCC(N)=O)NC(=O)C(N)CO)C(C)CC)C(=O)NC(CCCCN)C(=O)O. The van der Waals surface area contributed by atoms with E-state index in [9.17, 15) is 63.0 Å². The molecule has 0 aromatic heterocycles. The van der Waals surface area contributed by atoms with Crippen LogP contribution >= 0.6 is 0 Å². The van der Waals surface area contributed by atoms with Crippen LogP contribution in [0.2, 0.25) is 0 Å². The average molecular weight is 1160 g/mol. The number of aliphatic hydroxyl groups excluding tert-OH is 1. The van der Waals surface area contributed by atoms with Gasteiger partial charge in [-0.2, -0.15) is 0 Å². The van der Waals surface area contributed by atoms with E-state index in [4.69, 9.17) is 51.6 Å². The second-order valence-corrected chi connectivity index (χ2v) is 19.7. The molecule has 0 spiro atoms. The van der Waals surface area contributed by atoms with Gasteiger partial charge in [-0.25, -0.2) is 4.79 Å². The van der Waals surface area contributed by atoms with Crippen molar-refractivity contribution in [2.24, 2.45) is 73.4 Å². The number of primary amides is 2. The lowest BCUT2D eigenvalue weighted by molar-refractivity contribution is -0.143. The van der Waals surface area contributed by atoms with Gasteiger partial charge in [0.25, 0.3) is 0 Å². The predicted molar refractivity (Wildman–Crippen MR) is 300 cm³/mol. The summed E-state index contributed by atoms with van der Waals surface area (Å²) in [5.41, 5.74) is 49.7. The van der Waals surface area contributed by atoms with Crippen molar-refractivity contribution >= 4 is 77.0 Å². The van der Waals surface area contributed by atoms with Gasteiger partial charge in [0, 0.05) is 25.9 Å². The molecule has 0 aliphatic carbocycles. The van der Waals surface area contributed by atoms with Crippen molar-refractivity contribution in [1.29, 1.82) is 0 Å². The lowest BCUT2D eigenvalue weighted by Crippen LogP contribution is -2.61. The fraction of sp³-hybridized carbons (Fsp3) is 0.735. The maximum absolute atomic E-state index is 14.4. The molecule has 11 unspecified atom stereocenters. The zero-order valence-corrected chi connectivity index (χ0v) is 47.2. The summed E-state index contributed by atoms with van der Waals surface area (Å²) in [6.45, 7) is 6.47. The van der Waals surface area contributed by atoms with Crippen molar-refractivity contribution in [1.82, 2.24) is 42.5 Å². The molecule has 10 amide bonds. The summed E-state index contributed by atoms with van der Waals surface area (Å²) in [5.74, 6) is -11.9. The van der Waals surface area contributed by atoms with Gasteiger partial charge in [0.2, 0.25) is 59.1 Å². The summed E-state index contributed by atoms with van der Waals surface area (Å²) in [5, 5.41) is 39.7. The topological polar surface area (TPSA) is 583 Å². The van der Waals surface area contributed by atoms with Crippen molar-refractivity contribution in [2.45, 2.75) is 185 Å². The molecule has 0 aliphatic rings. The molecule has 0 aromatic carbocycles. The normalized spacial score (nSPS) is 15.1. The van der Waals surface area contributed by atoms with Gasteiger partial charge in [0.05, 0.1) is 6.61 Å². The molecule has 462 valence electrons. The Labute approximate surface area is 472 Å². The number of amides is 10. The Hall–Kier alpha value is -7.45. The Balaban J connectivity index is 7.13. The molecule has 0 aromatic rings. The zero-order chi connectivity index (χ0) is 61.8. The number of hydrogen-bond acceptors (Lipinski definition) is 17. The highest BCUT2D eigenvalue weighted by Crippen LogP contribution is 2.15. The van der Waals surface area contributed by atoms with E-state index >= 15 is 0 Å². The van der Waals surface area contributed by atoms with Crippen LogP contribution < -0.4 is 94.1 Å². The van der Waals surface area contributed by atoms with E-state index in [0.29, 0.717) is 32.2 Å². The summed E-state index contributed by atoms with van der Waals surface area (Å²) in [7, 11) is 0. The molecule has 81 heavy (non-hydrogen) atoms. The number of carbonyl (C=O) groups is 11. The number of aliphatic carboxylic acids is 1. The van der Waals surface area contributed by atoms with Crippen LogP contribution in [0.25, 0.3) is 0 Å². The van der Waals surface area contributed by atoms with Crippen LogP contribution in [0.3, 0.4) is 0 Å². The molecule has 0 aliphatic heterocycles. The first-order chi connectivity index (χ1) is 38.2. The summed E-state index contributed by atoms with van der Waals surface area (Å²) >= 11 is 0. The van der Waals surface area contributed by atoms with E-state index in [-0.39, 0.29) is 95.8 Å². The summed E-state index contributed by atoms with van der Waals surface area (Å²) in [6.07, 6.45) is 0.560. The Morgan fingerprint density at radius 1 is 0.420 bits per heavy atom. The lowest BCUT2D eigenvalue weighted by atomic mass is 9.96. The van der Waals surface area contributed by atoms with Gasteiger partial charge in [-0.05, 0) is 102 Å². The van der Waals surface area contributed by atoms with Crippen LogP contribution in [0.15, 0.2) is 9.98 Å². The number of aliphatic imine (C=N–C) groups is 2. The van der Waals surface area contributed by atoms with Gasteiger partial charge >= 0.3 is 5.97 Å². The number of unbranched alkanes of at least 4 members (excludes halogenated alkanes) is 2. The highest BCUT2D eigenvalue weighted by Gasteiger charge is 2.37. The van der Waals surface area contributed by atoms with Crippen molar-refractivity contribution < 1.29 is 63.0 Å². The van der Waals surface area contributed by atoms with Gasteiger partial charge in [-0.3, -0.25) is 57.9 Å². The van der Waals surface area contributed by atoms with Crippen molar-refractivity contribution in [3.05, 3.63) is 0 Å². The number of carboxylic acids is 1. The highest BCUT2D eigenvalue weighted by molar-refractivity contribution is 5.98. The van der Waals surface area contributed by atoms with Crippen LogP contribution in [0.1, 0.15) is 130 Å². The minimum atomic E-state index is -1.59. The van der Waals surface area contributed by atoms with Crippen molar-refractivity contribution in [3.63, 3.8) is 0 Å². The largest absolute Gasteiger partial charge is 0.480 e. The summed E-state index contributed by atoms with van der Waals surface area (Å²) in [4.78, 5) is 155. The summed E-state index contributed by atoms with van der Waals surface area (Å²) < 4.78 is 0. The number of guanidine groups is 2. The van der Waals surface area contributed by atoms with Crippen LogP contribution in [-0.4, -0.2) is 174 Å². The number of rotatable bonds is 44. The third-order valence-corrected chi connectivity index (χ3v) is 13.0. The van der Waals surface area contributed by atoms with E-state index in [2.05, 4.69) is 52.5 Å². The summed E-state index contributed by atoms with van der Waals surface area (Å²) in [6, 6.07) is -12.8. The highest BCUT2D eigenvalue weighted by atomic mass is 16.4. The van der Waals surface area contributed by atoms with Gasteiger partial charge in [0.1, 0.15) is 54.4 Å². The number of carbonyl (C=O) groups excluding carboxylic acids is 10. The minimum absolute atomic E-state index is 0.000277. The van der Waals surface area contributed by atoms with Crippen LogP contribution in [-0.2, 0) is 52.7 Å². The van der Waals surface area contributed by atoms with Crippen molar-refractivity contribution in [3.8, 4) is 0 Å². The fourth-order valence-electron chi connectivity index (χ4n) is 7.78. The monoisotopic (exact) mass is 1160 g/mol. The van der Waals surface area contributed by atoms with E-state index in [1.807, 2.05) is 0 Å². The molecular formula is C49H93N19O13. The quantitative estimate of drug-likeness (QED) is 0.0153. The van der Waals surface area contributed by atoms with Gasteiger partial charge in [-0.1, -0.05) is 40.5 Å². The Morgan fingerprint density at radius 2 is 0.716 bits per heavy atom. The predicted octanol–water partition coefficient (Wildman–Crippen LogP) is -6.74. The van der Waals surface area contributed by atoms with Gasteiger partial charge in [-0.15, -0.1) is 0 Å². The number of nitrogens with one attached hydrogen (secondary N) is 8. The molecule has 0 heterocycles. The molecule has 0 saturated carbocycles. The second-order valence-electron chi connectivity index (χ2n) is 19.7. The van der Waals surface area contributed by atoms with Crippen molar-refractivity contribution in [2.75, 3.05) is 32.8 Å². The second kappa shape index (κ2) is 40.7. The van der Waals surface area contributed by atoms with Crippen LogP contribution in [0, 0.1) is 11.8 Å².